The van der Waals surface area contributed by atoms with Crippen LogP contribution in [-0.2, 0) is 0 Å². The first kappa shape index (κ1) is 20.7. The van der Waals surface area contributed by atoms with Crippen molar-refractivity contribution < 1.29 is 9.59 Å². The Balaban J connectivity index is 1.51. The summed E-state index contributed by atoms with van der Waals surface area (Å²) in [5.41, 5.74) is 3.32. The summed E-state index contributed by atoms with van der Waals surface area (Å²) in [7, 11) is 0. The number of fused-ring (bicyclic) bond motifs is 3. The molecule has 0 aromatic heterocycles. The van der Waals surface area contributed by atoms with Crippen molar-refractivity contribution in [3.05, 3.63) is 119 Å². The van der Waals surface area contributed by atoms with Crippen LogP contribution < -0.4 is 5.32 Å². The fraction of sp³-hybridized carbons (Fsp3) is 0.0667. The van der Waals surface area contributed by atoms with E-state index in [1.807, 2.05) is 104 Å². The summed E-state index contributed by atoms with van der Waals surface area (Å²) >= 11 is 1.50. The minimum Gasteiger partial charge on any atom is -0.366 e. The maximum Gasteiger partial charge on any atom is 0.197 e. The molecule has 0 bridgehead atoms. The molecule has 4 heteroatoms. The maximum atomic E-state index is 14.0. The molecule has 1 aliphatic rings. The van der Waals surface area contributed by atoms with Crippen LogP contribution in [0.2, 0.25) is 0 Å². The van der Waals surface area contributed by atoms with E-state index in [0.717, 1.165) is 37.7 Å². The van der Waals surface area contributed by atoms with Gasteiger partial charge in [-0.3, -0.25) is 9.59 Å². The van der Waals surface area contributed by atoms with Crippen LogP contribution in [0.15, 0.2) is 102 Å². The zero-order valence-corrected chi connectivity index (χ0v) is 19.4. The zero-order chi connectivity index (χ0) is 23.2. The Kier molecular flexibility index (Phi) is 4.96. The van der Waals surface area contributed by atoms with E-state index in [1.54, 1.807) is 0 Å². The third kappa shape index (κ3) is 3.39. The molecule has 0 aliphatic carbocycles. The topological polar surface area (TPSA) is 46.2 Å². The number of aryl methyl sites for hydroxylation is 1. The molecule has 0 fully saturated rings. The van der Waals surface area contributed by atoms with Crippen LogP contribution in [-0.4, -0.2) is 16.9 Å². The first-order chi connectivity index (χ1) is 16.6. The summed E-state index contributed by atoms with van der Waals surface area (Å²) in [5, 5.41) is 6.71. The lowest BCUT2D eigenvalue weighted by molar-refractivity contribution is 0.0980. The predicted octanol–water partition coefficient (Wildman–Crippen LogP) is 7.26. The highest BCUT2D eigenvalue weighted by atomic mass is 32.2. The average molecular weight is 460 g/mol. The van der Waals surface area contributed by atoms with Gasteiger partial charge in [0.1, 0.15) is 5.37 Å². The number of benzene rings is 5. The van der Waals surface area contributed by atoms with Crippen LogP contribution in [0.3, 0.4) is 0 Å². The van der Waals surface area contributed by atoms with Crippen LogP contribution in [0.4, 0.5) is 5.69 Å². The molecule has 5 aromatic carbocycles. The monoisotopic (exact) mass is 459 g/mol. The number of nitrogens with one attached hydrogen (secondary N) is 1. The van der Waals surface area contributed by atoms with Gasteiger partial charge in [0.2, 0.25) is 0 Å². The molecule has 0 saturated carbocycles. The van der Waals surface area contributed by atoms with Crippen LogP contribution in [0.1, 0.15) is 31.8 Å². The molecule has 3 nitrogen and oxygen atoms in total. The second kappa shape index (κ2) is 8.15. The third-order valence-corrected chi connectivity index (χ3v) is 7.57. The summed E-state index contributed by atoms with van der Waals surface area (Å²) in [6.45, 7) is 1.92. The fourth-order valence-corrected chi connectivity index (χ4v) is 5.82. The van der Waals surface area contributed by atoms with E-state index in [9.17, 15) is 9.59 Å². The minimum absolute atomic E-state index is 0.0785. The van der Waals surface area contributed by atoms with Gasteiger partial charge in [0.25, 0.3) is 0 Å². The summed E-state index contributed by atoms with van der Waals surface area (Å²) in [6, 6.07) is 31.4. The molecule has 1 heterocycles. The van der Waals surface area contributed by atoms with Crippen LogP contribution in [0.5, 0.6) is 0 Å². The van der Waals surface area contributed by atoms with E-state index in [0.29, 0.717) is 16.7 Å². The highest BCUT2D eigenvalue weighted by molar-refractivity contribution is 8.01. The van der Waals surface area contributed by atoms with Crippen LogP contribution >= 0.6 is 11.8 Å². The van der Waals surface area contributed by atoms with Crippen molar-refractivity contribution >= 4 is 50.6 Å². The van der Waals surface area contributed by atoms with Crippen molar-refractivity contribution in [1.29, 1.82) is 0 Å². The Morgan fingerprint density at radius 3 is 2.26 bits per heavy atom. The molecular weight excluding hydrogens is 438 g/mol. The van der Waals surface area contributed by atoms with Gasteiger partial charge in [0.15, 0.2) is 11.6 Å². The molecule has 164 valence electrons. The molecule has 6 rings (SSSR count). The Morgan fingerprint density at radius 1 is 0.735 bits per heavy atom. The van der Waals surface area contributed by atoms with Gasteiger partial charge >= 0.3 is 0 Å². The van der Waals surface area contributed by atoms with Gasteiger partial charge in [0, 0.05) is 27.3 Å². The molecule has 0 amide bonds. The maximum absolute atomic E-state index is 14.0. The number of hydrogen-bond acceptors (Lipinski definition) is 4. The predicted molar refractivity (Wildman–Crippen MR) is 140 cm³/mol. The number of carbonyl (C=O) groups excluding carboxylic acids is 2. The molecule has 34 heavy (non-hydrogen) atoms. The number of rotatable bonds is 4. The Labute approximate surface area is 201 Å². The first-order valence-corrected chi connectivity index (χ1v) is 12.1. The lowest BCUT2D eigenvalue weighted by atomic mass is 9.87. The Morgan fingerprint density at radius 2 is 1.44 bits per heavy atom. The van der Waals surface area contributed by atoms with Crippen LogP contribution in [0.25, 0.3) is 21.5 Å². The largest absolute Gasteiger partial charge is 0.366 e. The highest BCUT2D eigenvalue weighted by Crippen LogP contribution is 2.41. The van der Waals surface area contributed by atoms with E-state index in [2.05, 4.69) is 5.32 Å². The second-order valence-electron chi connectivity index (χ2n) is 8.56. The van der Waals surface area contributed by atoms with Crippen molar-refractivity contribution in [3.63, 3.8) is 0 Å². The number of carbonyl (C=O) groups is 2. The van der Waals surface area contributed by atoms with E-state index in [1.165, 1.54) is 11.8 Å². The molecule has 1 atom stereocenters. The summed E-state index contributed by atoms with van der Waals surface area (Å²) in [5.74, 6) is -0.205. The van der Waals surface area contributed by atoms with E-state index in [4.69, 9.17) is 0 Å². The average Bonchev–Trinajstić information content (AvgIpc) is 3.31. The van der Waals surface area contributed by atoms with Crippen molar-refractivity contribution in [2.24, 2.45) is 0 Å². The molecule has 0 saturated heterocycles. The molecule has 0 radical (unpaired) electrons. The SMILES string of the molecule is Cc1cc2ccccc2c(C(=O)C2Nc3ccccc3S2)c1C(=O)c1ccc2ccccc2c1. The number of para-hydroxylation sites is 1. The van der Waals surface area contributed by atoms with E-state index in [-0.39, 0.29) is 11.6 Å². The van der Waals surface area contributed by atoms with Crippen molar-refractivity contribution in [1.82, 2.24) is 0 Å². The van der Waals surface area contributed by atoms with Crippen LogP contribution in [0, 0.1) is 6.92 Å². The van der Waals surface area contributed by atoms with Gasteiger partial charge in [-0.25, -0.2) is 0 Å². The van der Waals surface area contributed by atoms with Gasteiger partial charge in [0.05, 0.1) is 0 Å². The highest BCUT2D eigenvalue weighted by Gasteiger charge is 2.33. The van der Waals surface area contributed by atoms with Gasteiger partial charge in [-0.15, -0.1) is 0 Å². The quantitative estimate of drug-likeness (QED) is 0.287. The zero-order valence-electron chi connectivity index (χ0n) is 18.5. The molecule has 1 N–H and O–H groups in total. The van der Waals surface area contributed by atoms with Gasteiger partial charge in [-0.1, -0.05) is 90.6 Å². The molecule has 0 spiro atoms. The molecular formula is C30H21NO2S. The normalized spacial score (nSPS) is 14.7. The van der Waals surface area contributed by atoms with Gasteiger partial charge < -0.3 is 5.32 Å². The molecule has 1 aliphatic heterocycles. The summed E-state index contributed by atoms with van der Waals surface area (Å²) < 4.78 is 0. The standard InChI is InChI=1S/C30H21NO2S/c1-18-16-21-10-4-5-11-23(21)27(29(33)30-31-24-12-6-7-13-25(24)34-30)26(18)28(32)22-15-14-19-8-2-3-9-20(19)17-22/h2-17,30-31H,1H3. The minimum atomic E-state index is -0.481. The lowest BCUT2D eigenvalue weighted by Gasteiger charge is -2.18. The molecule has 5 aromatic rings. The second-order valence-corrected chi connectivity index (χ2v) is 9.71. The number of ketones is 2. The Bertz CT molecular complexity index is 1600. The number of Topliss-reactive ketones (excluding diaryl/α,β-unsaturated/α-hetero) is 1. The number of hydrogen-bond donors (Lipinski definition) is 1. The van der Waals surface area contributed by atoms with Gasteiger partial charge in [-0.2, -0.15) is 0 Å². The first-order valence-electron chi connectivity index (χ1n) is 11.2. The summed E-state index contributed by atoms with van der Waals surface area (Å²) in [4.78, 5) is 29.0. The van der Waals surface area contributed by atoms with Crippen molar-refractivity contribution in [2.45, 2.75) is 17.2 Å². The fourth-order valence-electron chi connectivity index (χ4n) is 4.75. The number of anilines is 1. The van der Waals surface area contributed by atoms with Gasteiger partial charge in [-0.05, 0) is 52.2 Å². The molecule has 1 unspecified atom stereocenters. The Hall–Kier alpha value is -3.89. The van der Waals surface area contributed by atoms with E-state index >= 15 is 0 Å². The lowest BCUT2D eigenvalue weighted by Crippen LogP contribution is -2.25. The summed E-state index contributed by atoms with van der Waals surface area (Å²) in [6.07, 6.45) is 0. The van der Waals surface area contributed by atoms with Crippen molar-refractivity contribution in [3.8, 4) is 0 Å². The van der Waals surface area contributed by atoms with E-state index < -0.39 is 5.37 Å². The third-order valence-electron chi connectivity index (χ3n) is 6.39. The van der Waals surface area contributed by atoms with Crippen molar-refractivity contribution in [2.75, 3.05) is 5.32 Å². The smallest absolute Gasteiger partial charge is 0.197 e. The number of thioether (sulfide) groups is 1.